The molecule has 1 amide bonds. The number of likely N-dealkylation sites (tertiary alicyclic amines) is 1. The normalized spacial score (nSPS) is 22.0. The van der Waals surface area contributed by atoms with Gasteiger partial charge in [-0.2, -0.15) is 0 Å². The van der Waals surface area contributed by atoms with Gasteiger partial charge < -0.3 is 9.64 Å². The second-order valence-corrected chi connectivity index (χ2v) is 6.21. The van der Waals surface area contributed by atoms with Crippen LogP contribution in [0.5, 0.6) is 0 Å². The molecule has 22 heavy (non-hydrogen) atoms. The molecule has 0 spiro atoms. The summed E-state index contributed by atoms with van der Waals surface area (Å²) < 4.78 is 5.22. The molecule has 1 atom stereocenters. The summed E-state index contributed by atoms with van der Waals surface area (Å²) in [4.78, 5) is 27.0. The Morgan fingerprint density at radius 3 is 2.77 bits per heavy atom. The van der Waals surface area contributed by atoms with Crippen LogP contribution in [-0.2, 0) is 9.53 Å². The summed E-state index contributed by atoms with van der Waals surface area (Å²) in [5, 5.41) is 0.513. The Hall–Kier alpha value is -1.55. The highest BCUT2D eigenvalue weighted by Gasteiger charge is 2.44. The molecule has 0 radical (unpaired) electrons. The standard InChI is InChI=1S/C17H22ClNO3/c1-3-22-16(21)17(2)10-5-4-6-11-19(17)15(20)13-8-7-9-14(18)12-13/h7-9,12H,3-6,10-11H2,1-2H3. The number of benzene rings is 1. The first-order valence-electron chi connectivity index (χ1n) is 7.74. The third-order valence-electron chi connectivity index (χ3n) is 4.17. The van der Waals surface area contributed by atoms with E-state index in [1.54, 1.807) is 43.0 Å². The van der Waals surface area contributed by atoms with Crippen molar-refractivity contribution < 1.29 is 14.3 Å². The number of carbonyl (C=O) groups is 2. The van der Waals surface area contributed by atoms with Gasteiger partial charge in [-0.25, -0.2) is 4.79 Å². The maximum Gasteiger partial charge on any atom is 0.331 e. The van der Waals surface area contributed by atoms with E-state index in [4.69, 9.17) is 16.3 Å². The number of ether oxygens (including phenoxy) is 1. The predicted molar refractivity (Wildman–Crippen MR) is 86.0 cm³/mol. The van der Waals surface area contributed by atoms with Crippen molar-refractivity contribution in [1.82, 2.24) is 4.90 Å². The third kappa shape index (κ3) is 3.43. The van der Waals surface area contributed by atoms with Crippen molar-refractivity contribution in [1.29, 1.82) is 0 Å². The fourth-order valence-corrected chi connectivity index (χ4v) is 3.09. The Morgan fingerprint density at radius 2 is 2.09 bits per heavy atom. The van der Waals surface area contributed by atoms with Gasteiger partial charge >= 0.3 is 5.97 Å². The number of rotatable bonds is 3. The Morgan fingerprint density at radius 1 is 1.32 bits per heavy atom. The third-order valence-corrected chi connectivity index (χ3v) is 4.41. The summed E-state index contributed by atoms with van der Waals surface area (Å²) in [5.74, 6) is -0.493. The number of halogens is 1. The van der Waals surface area contributed by atoms with Gasteiger partial charge in [0.25, 0.3) is 5.91 Å². The van der Waals surface area contributed by atoms with E-state index in [1.807, 2.05) is 0 Å². The zero-order chi connectivity index (χ0) is 16.2. The molecule has 1 aliphatic rings. The molecule has 1 unspecified atom stereocenters. The van der Waals surface area contributed by atoms with Gasteiger partial charge in [-0.3, -0.25) is 4.79 Å². The molecule has 0 N–H and O–H groups in total. The largest absolute Gasteiger partial charge is 0.464 e. The van der Waals surface area contributed by atoms with Crippen LogP contribution < -0.4 is 0 Å². The van der Waals surface area contributed by atoms with E-state index in [9.17, 15) is 9.59 Å². The van der Waals surface area contributed by atoms with Crippen LogP contribution in [0.25, 0.3) is 0 Å². The Bertz CT molecular complexity index is 561. The molecule has 1 heterocycles. The van der Waals surface area contributed by atoms with Crippen LogP contribution >= 0.6 is 11.6 Å². The number of hydrogen-bond acceptors (Lipinski definition) is 3. The Balaban J connectivity index is 2.34. The van der Waals surface area contributed by atoms with Gasteiger partial charge in [0.2, 0.25) is 0 Å². The zero-order valence-electron chi connectivity index (χ0n) is 13.1. The number of amides is 1. The molecule has 1 aliphatic heterocycles. The van der Waals surface area contributed by atoms with Crippen molar-refractivity contribution in [3.63, 3.8) is 0 Å². The SMILES string of the molecule is CCOC(=O)C1(C)CCCCCN1C(=O)c1cccc(Cl)c1. The van der Waals surface area contributed by atoms with Crippen LogP contribution in [0.2, 0.25) is 5.02 Å². The molecular formula is C17H22ClNO3. The quantitative estimate of drug-likeness (QED) is 0.797. The van der Waals surface area contributed by atoms with Crippen molar-refractivity contribution in [2.75, 3.05) is 13.2 Å². The number of hydrogen-bond donors (Lipinski definition) is 0. The lowest BCUT2D eigenvalue weighted by Crippen LogP contribution is -2.55. The highest BCUT2D eigenvalue weighted by Crippen LogP contribution is 2.30. The van der Waals surface area contributed by atoms with Crippen LogP contribution in [0.4, 0.5) is 0 Å². The van der Waals surface area contributed by atoms with Crippen molar-refractivity contribution in [2.24, 2.45) is 0 Å². The van der Waals surface area contributed by atoms with Crippen LogP contribution in [0.3, 0.4) is 0 Å². The smallest absolute Gasteiger partial charge is 0.331 e. The van der Waals surface area contributed by atoms with E-state index < -0.39 is 5.54 Å². The van der Waals surface area contributed by atoms with Gasteiger partial charge in [-0.15, -0.1) is 0 Å². The Kier molecular flexibility index (Phi) is 5.46. The van der Waals surface area contributed by atoms with Crippen LogP contribution in [0.1, 0.15) is 49.9 Å². The molecule has 1 fully saturated rings. The van der Waals surface area contributed by atoms with E-state index in [-0.39, 0.29) is 11.9 Å². The second kappa shape index (κ2) is 7.14. The molecule has 1 aromatic rings. The first-order chi connectivity index (χ1) is 10.5. The summed E-state index contributed by atoms with van der Waals surface area (Å²) >= 11 is 5.98. The molecule has 0 aromatic heterocycles. The fraction of sp³-hybridized carbons (Fsp3) is 0.529. The average Bonchev–Trinajstić information content (AvgIpc) is 2.69. The molecular weight excluding hydrogens is 302 g/mol. The molecule has 1 aromatic carbocycles. The van der Waals surface area contributed by atoms with Crippen LogP contribution in [0.15, 0.2) is 24.3 Å². The first-order valence-corrected chi connectivity index (χ1v) is 8.11. The van der Waals surface area contributed by atoms with E-state index in [0.29, 0.717) is 30.2 Å². The van der Waals surface area contributed by atoms with Gasteiger partial charge in [0.15, 0.2) is 0 Å². The lowest BCUT2D eigenvalue weighted by molar-refractivity contribution is -0.155. The van der Waals surface area contributed by atoms with Gasteiger partial charge in [-0.05, 0) is 44.9 Å². The number of nitrogens with zero attached hydrogens (tertiary/aromatic N) is 1. The molecule has 0 bridgehead atoms. The predicted octanol–water partition coefficient (Wildman–Crippen LogP) is 3.68. The number of esters is 1. The first kappa shape index (κ1) is 16.8. The molecule has 0 aliphatic carbocycles. The van der Waals surface area contributed by atoms with Gasteiger partial charge in [0, 0.05) is 17.1 Å². The maximum atomic E-state index is 12.9. The summed E-state index contributed by atoms with van der Waals surface area (Å²) in [6.07, 6.45) is 3.43. The van der Waals surface area contributed by atoms with Crippen molar-refractivity contribution >= 4 is 23.5 Å². The van der Waals surface area contributed by atoms with Gasteiger partial charge in [0.05, 0.1) is 6.61 Å². The molecule has 4 nitrogen and oxygen atoms in total. The summed E-state index contributed by atoms with van der Waals surface area (Å²) in [5.41, 5.74) is -0.406. The molecule has 5 heteroatoms. The van der Waals surface area contributed by atoms with Gasteiger partial charge in [0.1, 0.15) is 5.54 Å². The van der Waals surface area contributed by atoms with Crippen molar-refractivity contribution in [2.45, 2.75) is 45.1 Å². The minimum atomic E-state index is -0.911. The van der Waals surface area contributed by atoms with Crippen molar-refractivity contribution in [3.8, 4) is 0 Å². The minimum absolute atomic E-state index is 0.167. The highest BCUT2D eigenvalue weighted by molar-refractivity contribution is 6.31. The minimum Gasteiger partial charge on any atom is -0.464 e. The van der Waals surface area contributed by atoms with E-state index in [2.05, 4.69) is 0 Å². The van der Waals surface area contributed by atoms with Gasteiger partial charge in [-0.1, -0.05) is 30.5 Å². The Labute approximate surface area is 136 Å². The topological polar surface area (TPSA) is 46.6 Å². The highest BCUT2D eigenvalue weighted by atomic mass is 35.5. The lowest BCUT2D eigenvalue weighted by atomic mass is 9.93. The number of carbonyl (C=O) groups excluding carboxylic acids is 2. The molecule has 120 valence electrons. The molecule has 1 saturated heterocycles. The lowest BCUT2D eigenvalue weighted by Gasteiger charge is -2.38. The molecule has 0 saturated carbocycles. The zero-order valence-corrected chi connectivity index (χ0v) is 13.9. The summed E-state index contributed by atoms with van der Waals surface area (Å²) in [6, 6.07) is 6.84. The molecule has 2 rings (SSSR count). The van der Waals surface area contributed by atoms with E-state index in [1.165, 1.54) is 0 Å². The van der Waals surface area contributed by atoms with Crippen LogP contribution in [0, 0.1) is 0 Å². The summed E-state index contributed by atoms with van der Waals surface area (Å²) in [6.45, 7) is 4.45. The second-order valence-electron chi connectivity index (χ2n) is 5.77. The monoisotopic (exact) mass is 323 g/mol. The fourth-order valence-electron chi connectivity index (χ4n) is 2.90. The summed E-state index contributed by atoms with van der Waals surface area (Å²) in [7, 11) is 0. The van der Waals surface area contributed by atoms with E-state index >= 15 is 0 Å². The average molecular weight is 324 g/mol. The van der Waals surface area contributed by atoms with Crippen LogP contribution in [-0.4, -0.2) is 35.5 Å². The maximum absolute atomic E-state index is 12.9. The van der Waals surface area contributed by atoms with Crippen molar-refractivity contribution in [3.05, 3.63) is 34.9 Å². The van der Waals surface area contributed by atoms with E-state index in [0.717, 1.165) is 19.3 Å².